The van der Waals surface area contributed by atoms with Crippen LogP contribution in [0.1, 0.15) is 56.1 Å². The lowest BCUT2D eigenvalue weighted by Gasteiger charge is -2.29. The molecule has 1 saturated heterocycles. The summed E-state index contributed by atoms with van der Waals surface area (Å²) in [5.74, 6) is 1.01. The van der Waals surface area contributed by atoms with Crippen LogP contribution in [-0.2, 0) is 11.2 Å². The van der Waals surface area contributed by atoms with Gasteiger partial charge in [-0.3, -0.25) is 4.79 Å². The standard InChI is InChI=1S/C16H21NO/c1-2-16(10-9-15(18)17-16)11-13-5-3-4-6-14(13)12-7-8-12/h3-6,12H,2,7-11H2,1H3,(H,17,18). The molecule has 1 unspecified atom stereocenters. The molecule has 1 aromatic carbocycles. The third kappa shape index (κ3) is 2.16. The van der Waals surface area contributed by atoms with E-state index in [-0.39, 0.29) is 11.4 Å². The van der Waals surface area contributed by atoms with Crippen molar-refractivity contribution in [2.24, 2.45) is 0 Å². The van der Waals surface area contributed by atoms with Crippen LogP contribution in [0.4, 0.5) is 0 Å². The average molecular weight is 243 g/mol. The molecule has 2 heteroatoms. The second-order valence-corrected chi connectivity index (χ2v) is 5.83. The monoisotopic (exact) mass is 243 g/mol. The van der Waals surface area contributed by atoms with E-state index in [9.17, 15) is 4.79 Å². The summed E-state index contributed by atoms with van der Waals surface area (Å²) < 4.78 is 0. The molecule has 2 nitrogen and oxygen atoms in total. The summed E-state index contributed by atoms with van der Waals surface area (Å²) in [6.45, 7) is 2.19. The van der Waals surface area contributed by atoms with Crippen LogP contribution in [0.3, 0.4) is 0 Å². The van der Waals surface area contributed by atoms with Gasteiger partial charge in [0.2, 0.25) is 5.91 Å². The van der Waals surface area contributed by atoms with Crippen molar-refractivity contribution in [2.75, 3.05) is 0 Å². The summed E-state index contributed by atoms with van der Waals surface area (Å²) >= 11 is 0. The zero-order valence-electron chi connectivity index (χ0n) is 11.0. The highest BCUT2D eigenvalue weighted by Gasteiger charge is 2.37. The van der Waals surface area contributed by atoms with Gasteiger partial charge in [-0.25, -0.2) is 0 Å². The Hall–Kier alpha value is -1.31. The van der Waals surface area contributed by atoms with Crippen molar-refractivity contribution in [3.63, 3.8) is 0 Å². The van der Waals surface area contributed by atoms with E-state index in [0.29, 0.717) is 6.42 Å². The van der Waals surface area contributed by atoms with Crippen molar-refractivity contribution in [3.8, 4) is 0 Å². The fraction of sp³-hybridized carbons (Fsp3) is 0.562. The average Bonchev–Trinajstić information content (AvgIpc) is 3.15. The number of hydrogen-bond acceptors (Lipinski definition) is 1. The zero-order chi connectivity index (χ0) is 12.6. The minimum absolute atomic E-state index is 0.0159. The third-order valence-electron chi connectivity index (χ3n) is 4.51. The van der Waals surface area contributed by atoms with Crippen LogP contribution in [0.5, 0.6) is 0 Å². The van der Waals surface area contributed by atoms with Crippen LogP contribution in [-0.4, -0.2) is 11.4 Å². The van der Waals surface area contributed by atoms with Gasteiger partial charge in [0.05, 0.1) is 0 Å². The molecule has 96 valence electrons. The van der Waals surface area contributed by atoms with E-state index < -0.39 is 0 Å². The Morgan fingerprint density at radius 1 is 1.33 bits per heavy atom. The van der Waals surface area contributed by atoms with Crippen LogP contribution < -0.4 is 5.32 Å². The van der Waals surface area contributed by atoms with Crippen LogP contribution in [0.15, 0.2) is 24.3 Å². The van der Waals surface area contributed by atoms with Crippen molar-refractivity contribution in [2.45, 2.75) is 56.9 Å². The first-order valence-electron chi connectivity index (χ1n) is 7.11. The Bertz CT molecular complexity index is 464. The summed E-state index contributed by atoms with van der Waals surface area (Å²) in [4.78, 5) is 11.5. The second-order valence-electron chi connectivity index (χ2n) is 5.83. The Morgan fingerprint density at radius 2 is 2.11 bits per heavy atom. The minimum Gasteiger partial charge on any atom is -0.350 e. The van der Waals surface area contributed by atoms with Gasteiger partial charge in [-0.15, -0.1) is 0 Å². The SMILES string of the molecule is CCC1(Cc2ccccc2C2CC2)CCC(=O)N1. The summed E-state index contributed by atoms with van der Waals surface area (Å²) in [7, 11) is 0. The van der Waals surface area contributed by atoms with E-state index in [1.807, 2.05) is 0 Å². The molecule has 2 aliphatic rings. The van der Waals surface area contributed by atoms with E-state index >= 15 is 0 Å². The highest BCUT2D eigenvalue weighted by Crippen LogP contribution is 2.42. The van der Waals surface area contributed by atoms with Gasteiger partial charge >= 0.3 is 0 Å². The van der Waals surface area contributed by atoms with Gasteiger partial charge in [0.15, 0.2) is 0 Å². The maximum atomic E-state index is 11.5. The van der Waals surface area contributed by atoms with Crippen molar-refractivity contribution in [1.29, 1.82) is 0 Å². The number of nitrogens with one attached hydrogen (secondary N) is 1. The molecule has 3 rings (SSSR count). The first kappa shape index (κ1) is 11.8. The Labute approximate surface area is 109 Å². The molecule has 0 spiro atoms. The van der Waals surface area contributed by atoms with Crippen LogP contribution >= 0.6 is 0 Å². The molecule has 1 saturated carbocycles. The number of carbonyl (C=O) groups is 1. The largest absolute Gasteiger partial charge is 0.350 e. The van der Waals surface area contributed by atoms with Gasteiger partial charge in [0.1, 0.15) is 0 Å². The summed E-state index contributed by atoms with van der Waals surface area (Å²) in [6.07, 6.45) is 6.38. The molecule has 18 heavy (non-hydrogen) atoms. The van der Waals surface area contributed by atoms with Crippen LogP contribution in [0.25, 0.3) is 0 Å². The van der Waals surface area contributed by atoms with E-state index in [4.69, 9.17) is 0 Å². The minimum atomic E-state index is 0.0159. The third-order valence-corrected chi connectivity index (χ3v) is 4.51. The Balaban J connectivity index is 1.85. The molecule has 0 aromatic heterocycles. The second kappa shape index (κ2) is 4.42. The van der Waals surface area contributed by atoms with Gasteiger partial charge in [0, 0.05) is 12.0 Å². The highest BCUT2D eigenvalue weighted by atomic mass is 16.2. The molecular weight excluding hydrogens is 222 g/mol. The molecule has 1 N–H and O–H groups in total. The van der Waals surface area contributed by atoms with Gasteiger partial charge in [0.25, 0.3) is 0 Å². The fourth-order valence-corrected chi connectivity index (χ4v) is 3.15. The van der Waals surface area contributed by atoms with Gasteiger partial charge in [-0.2, -0.15) is 0 Å². The molecule has 0 radical (unpaired) electrons. The van der Waals surface area contributed by atoms with E-state index in [1.165, 1.54) is 24.0 Å². The zero-order valence-corrected chi connectivity index (χ0v) is 11.0. The molecule has 1 aliphatic heterocycles. The first-order valence-corrected chi connectivity index (χ1v) is 7.11. The first-order chi connectivity index (χ1) is 8.72. The lowest BCUT2D eigenvalue weighted by molar-refractivity contribution is -0.119. The lowest BCUT2D eigenvalue weighted by atomic mass is 9.84. The van der Waals surface area contributed by atoms with Crippen molar-refractivity contribution in [3.05, 3.63) is 35.4 Å². The van der Waals surface area contributed by atoms with Crippen molar-refractivity contribution >= 4 is 5.91 Å². The summed E-state index contributed by atoms with van der Waals surface area (Å²) in [6, 6.07) is 8.78. The fourth-order valence-electron chi connectivity index (χ4n) is 3.15. The van der Waals surface area contributed by atoms with Crippen LogP contribution in [0.2, 0.25) is 0 Å². The summed E-state index contributed by atoms with van der Waals surface area (Å²) in [5, 5.41) is 3.21. The maximum absolute atomic E-state index is 11.5. The number of benzene rings is 1. The molecule has 1 aromatic rings. The Morgan fingerprint density at radius 3 is 2.72 bits per heavy atom. The molecule has 1 heterocycles. The van der Waals surface area contributed by atoms with Crippen molar-refractivity contribution < 1.29 is 4.79 Å². The summed E-state index contributed by atoms with van der Waals surface area (Å²) in [5.41, 5.74) is 2.98. The maximum Gasteiger partial charge on any atom is 0.220 e. The predicted octanol–water partition coefficient (Wildman–Crippen LogP) is 3.17. The molecule has 0 bridgehead atoms. The van der Waals surface area contributed by atoms with E-state index in [1.54, 1.807) is 0 Å². The van der Waals surface area contributed by atoms with Gasteiger partial charge < -0.3 is 5.32 Å². The quantitative estimate of drug-likeness (QED) is 0.864. The van der Waals surface area contributed by atoms with Crippen molar-refractivity contribution in [1.82, 2.24) is 5.32 Å². The lowest BCUT2D eigenvalue weighted by Crippen LogP contribution is -2.43. The smallest absolute Gasteiger partial charge is 0.220 e. The molecular formula is C16H21NO. The topological polar surface area (TPSA) is 29.1 Å². The van der Waals surface area contributed by atoms with Gasteiger partial charge in [-0.05, 0) is 49.1 Å². The van der Waals surface area contributed by atoms with E-state index in [2.05, 4.69) is 36.5 Å². The molecule has 1 aliphatic carbocycles. The molecule has 2 fully saturated rings. The number of amides is 1. The van der Waals surface area contributed by atoms with Gasteiger partial charge in [-0.1, -0.05) is 31.2 Å². The molecule has 1 atom stereocenters. The predicted molar refractivity (Wildman–Crippen MR) is 72.5 cm³/mol. The van der Waals surface area contributed by atoms with Crippen LogP contribution in [0, 0.1) is 0 Å². The van der Waals surface area contributed by atoms with E-state index in [0.717, 1.165) is 25.2 Å². The number of hydrogen-bond donors (Lipinski definition) is 1. The number of carbonyl (C=O) groups excluding carboxylic acids is 1. The normalized spacial score (nSPS) is 27.3. The molecule has 1 amide bonds. The number of rotatable bonds is 4. The Kier molecular flexibility index (Phi) is 2.89. The highest BCUT2D eigenvalue weighted by molar-refractivity contribution is 5.79.